The van der Waals surface area contributed by atoms with Crippen LogP contribution in [0.2, 0.25) is 0 Å². The average molecular weight is 809 g/mol. The maximum absolute atomic E-state index is 10.5. The smallest absolute Gasteiger partial charge is 0.469 e. The van der Waals surface area contributed by atoms with Crippen molar-refractivity contribution in [2.24, 2.45) is 11.8 Å². The zero-order chi connectivity index (χ0) is 43.0. The highest BCUT2D eigenvalue weighted by Crippen LogP contribution is 2.27. The fraction of sp³-hybridized carbons (Fsp3) is 0.833. The molecule has 1 fully saturated rings. The molecule has 0 aliphatic heterocycles. The summed E-state index contributed by atoms with van der Waals surface area (Å²) in [5.74, 6) is 1.88. The van der Waals surface area contributed by atoms with Crippen LogP contribution >= 0.6 is 0 Å². The lowest BCUT2D eigenvalue weighted by Gasteiger charge is -2.22. The van der Waals surface area contributed by atoms with Gasteiger partial charge in [0.15, 0.2) is 0 Å². The van der Waals surface area contributed by atoms with Gasteiger partial charge in [-0.15, -0.1) is 0 Å². The highest BCUT2D eigenvalue weighted by molar-refractivity contribution is 5.74. The minimum absolute atomic E-state index is 0. The van der Waals surface area contributed by atoms with Crippen LogP contribution in [0.3, 0.4) is 0 Å². The number of methoxy groups -OCH3 is 4. The van der Waals surface area contributed by atoms with Gasteiger partial charge in [0, 0.05) is 41.7 Å². The number of urea groups is 2. The molecule has 0 aromatic heterocycles. The first-order valence-electron chi connectivity index (χ1n) is 17.4. The Labute approximate surface area is 333 Å². The van der Waals surface area contributed by atoms with Crippen LogP contribution in [0.1, 0.15) is 108 Å². The highest BCUT2D eigenvalue weighted by Gasteiger charge is 2.13. The third-order valence-electron chi connectivity index (χ3n) is 6.09. The lowest BCUT2D eigenvalue weighted by molar-refractivity contribution is -0.140. The zero-order valence-corrected chi connectivity index (χ0v) is 35.2. The molecule has 0 atom stereocenters. The van der Waals surface area contributed by atoms with Crippen molar-refractivity contribution in [3.05, 3.63) is 0 Å². The van der Waals surface area contributed by atoms with Crippen molar-refractivity contribution in [1.29, 1.82) is 0 Å². The largest absolute Gasteiger partial charge is 0.507 e. The first-order valence-corrected chi connectivity index (χ1v) is 17.4. The number of rotatable bonds is 7. The molecule has 336 valence electrons. The van der Waals surface area contributed by atoms with Crippen LogP contribution in [0.5, 0.6) is 0 Å². The van der Waals surface area contributed by atoms with Gasteiger partial charge in [-0.3, -0.25) is 4.79 Å². The molecule has 0 saturated heterocycles. The summed E-state index contributed by atoms with van der Waals surface area (Å²) < 4.78 is 21.2. The Balaban J connectivity index is -0.0000000640. The topological polar surface area (TPSA) is 261 Å². The van der Waals surface area contributed by atoms with Gasteiger partial charge in [0.25, 0.3) is 0 Å². The Morgan fingerprint density at radius 3 is 1.20 bits per heavy atom. The summed E-state index contributed by atoms with van der Waals surface area (Å²) in [5, 5.41) is 29.6. The Morgan fingerprint density at radius 1 is 0.618 bits per heavy atom. The number of aliphatic hydroxyl groups excluding tert-OH is 2. The normalized spacial score (nSPS) is 12.2. The van der Waals surface area contributed by atoms with Gasteiger partial charge in [0.05, 0.1) is 47.8 Å². The summed E-state index contributed by atoms with van der Waals surface area (Å²) in [7, 11) is 12.3. The second-order valence-corrected chi connectivity index (χ2v) is 10.2. The van der Waals surface area contributed by atoms with Crippen molar-refractivity contribution in [3.8, 4) is 0 Å². The fourth-order valence-corrected chi connectivity index (χ4v) is 2.69. The number of carbonyl (C=O) groups excluding carboxylic acids is 6. The van der Waals surface area contributed by atoms with E-state index in [9.17, 15) is 28.8 Å². The van der Waals surface area contributed by atoms with Crippen molar-refractivity contribution in [2.45, 2.75) is 114 Å². The SMILES string of the molecule is C.C.CC1CCC(C)CC1.CCC(=O)OC.CCC(O)CC.CCCOC(=O)NC.CNC(=O)NC.CNC(=O)NCNC(=O)OC.CO.COC(=O)OC. The first-order chi connectivity index (χ1) is 25.0. The molecule has 6 amide bonds. The zero-order valence-electron chi connectivity index (χ0n) is 35.2. The van der Waals surface area contributed by atoms with Crippen LogP contribution in [-0.2, 0) is 28.5 Å². The van der Waals surface area contributed by atoms with Gasteiger partial charge < -0.3 is 65.8 Å². The lowest BCUT2D eigenvalue weighted by Crippen LogP contribution is -2.41. The lowest BCUT2D eigenvalue weighted by atomic mass is 9.84. The molecule has 0 radical (unpaired) electrons. The van der Waals surface area contributed by atoms with Crippen molar-refractivity contribution in [3.63, 3.8) is 0 Å². The third-order valence-corrected chi connectivity index (χ3v) is 6.09. The number of nitrogens with one attached hydrogen (secondary N) is 6. The number of ether oxygens (including phenoxy) is 5. The summed E-state index contributed by atoms with van der Waals surface area (Å²) in [6.45, 7) is 12.9. The second-order valence-electron chi connectivity index (χ2n) is 10.2. The van der Waals surface area contributed by atoms with Gasteiger partial charge in [-0.05, 0) is 31.1 Å². The van der Waals surface area contributed by atoms with Crippen LogP contribution in [0.25, 0.3) is 0 Å². The number of hydrogen-bond acceptors (Lipinski definition) is 13. The summed E-state index contributed by atoms with van der Waals surface area (Å²) in [4.78, 5) is 60.7. The second kappa shape index (κ2) is 61.8. The van der Waals surface area contributed by atoms with Crippen molar-refractivity contribution < 1.29 is 62.7 Å². The third kappa shape index (κ3) is 79.6. The van der Waals surface area contributed by atoms with Gasteiger partial charge in [-0.2, -0.15) is 0 Å². The monoisotopic (exact) mass is 809 g/mol. The van der Waals surface area contributed by atoms with E-state index in [2.05, 4.69) is 69.4 Å². The molecule has 0 aromatic rings. The van der Waals surface area contributed by atoms with Gasteiger partial charge >= 0.3 is 36.4 Å². The number of aliphatic hydroxyl groups is 2. The van der Waals surface area contributed by atoms with Crippen molar-refractivity contribution in [2.75, 3.05) is 77.0 Å². The van der Waals surface area contributed by atoms with Gasteiger partial charge in [-0.25, -0.2) is 24.0 Å². The number of hydrogen-bond donors (Lipinski definition) is 8. The molecular formula is C36H84N6O13. The van der Waals surface area contributed by atoms with Gasteiger partial charge in [0.1, 0.15) is 0 Å². The maximum Gasteiger partial charge on any atom is 0.507 e. The molecule has 1 saturated carbocycles. The molecule has 0 unspecified atom stereocenters. The Bertz CT molecular complexity index is 748. The van der Waals surface area contributed by atoms with Crippen molar-refractivity contribution >= 4 is 36.4 Å². The molecule has 0 spiro atoms. The van der Waals surface area contributed by atoms with Crippen LogP contribution in [0, 0.1) is 11.8 Å². The van der Waals surface area contributed by atoms with E-state index < -0.39 is 12.2 Å². The van der Waals surface area contributed by atoms with E-state index in [1.165, 1.54) is 68.2 Å². The van der Waals surface area contributed by atoms with E-state index in [4.69, 9.17) is 10.2 Å². The van der Waals surface area contributed by atoms with Crippen LogP contribution in [0.15, 0.2) is 0 Å². The van der Waals surface area contributed by atoms with E-state index in [0.717, 1.165) is 38.2 Å². The molecule has 19 nitrogen and oxygen atoms in total. The highest BCUT2D eigenvalue weighted by atomic mass is 16.7. The molecule has 19 heteroatoms. The summed E-state index contributed by atoms with van der Waals surface area (Å²) >= 11 is 0. The molecule has 8 N–H and O–H groups in total. The van der Waals surface area contributed by atoms with E-state index in [1.54, 1.807) is 21.0 Å². The van der Waals surface area contributed by atoms with Gasteiger partial charge in [-0.1, -0.05) is 82.1 Å². The molecule has 1 aliphatic rings. The van der Waals surface area contributed by atoms with Crippen LogP contribution in [0.4, 0.5) is 24.0 Å². The molecule has 1 rings (SSSR count). The predicted octanol–water partition coefficient (Wildman–Crippen LogP) is 5.38. The van der Waals surface area contributed by atoms with Crippen molar-refractivity contribution in [1.82, 2.24) is 31.9 Å². The van der Waals surface area contributed by atoms with Crippen LogP contribution in [-0.4, -0.2) is 130 Å². The molecular weight excluding hydrogens is 724 g/mol. The standard InChI is InChI=1S/C8H16.C5H11N3O3.C5H11NO2.C5H12O.C4H8O2.C3H8N2O.C3H6O3.CH4O.2CH4/c1-7-3-5-8(2)6-4-7;1-6-4(9)7-3-8-5(10)11-2;1-3-4-8-5(7)6-2;1-3-5(6)4-2;1-3-4(5)6-2;1-4-3(6)5-2;1-5-3(4)6-2;1-2;;/h7-8H,3-6H2,1-2H3;3H2,1-2H3,(H,8,10)(H2,6,7,9);3-4H2,1-2H3,(H,6,7);5-6H,3-4H2,1-2H3;3H2,1-2H3;1-2H3,(H2,4,5,6);1-2H3;2H,1H3;2*1H4. The minimum Gasteiger partial charge on any atom is -0.469 e. The van der Waals surface area contributed by atoms with Gasteiger partial charge in [0.2, 0.25) is 0 Å². The van der Waals surface area contributed by atoms with E-state index in [0.29, 0.717) is 13.0 Å². The number of esters is 1. The number of alkyl carbamates (subject to hydrolysis) is 2. The number of amides is 6. The molecule has 0 bridgehead atoms. The molecule has 0 heterocycles. The molecule has 0 aromatic carbocycles. The quantitative estimate of drug-likeness (QED) is 0.0914. The summed E-state index contributed by atoms with van der Waals surface area (Å²) in [6.07, 6.45) is 7.34. The number of carbonyl (C=O) groups is 6. The Morgan fingerprint density at radius 2 is 1.02 bits per heavy atom. The predicted molar refractivity (Wildman–Crippen MR) is 219 cm³/mol. The Hall–Kier alpha value is -4.26. The van der Waals surface area contributed by atoms with E-state index >= 15 is 0 Å². The summed E-state index contributed by atoms with van der Waals surface area (Å²) in [5.41, 5.74) is 0. The summed E-state index contributed by atoms with van der Waals surface area (Å²) in [6, 6.07) is -0.517. The van der Waals surface area contributed by atoms with E-state index in [1.807, 2.05) is 20.8 Å². The average Bonchev–Trinajstić information content (AvgIpc) is 3.21. The molecule has 55 heavy (non-hydrogen) atoms. The fourth-order valence-electron chi connectivity index (χ4n) is 2.69. The van der Waals surface area contributed by atoms with E-state index in [-0.39, 0.29) is 51.8 Å². The molecule has 1 aliphatic carbocycles. The maximum atomic E-state index is 10.5. The minimum atomic E-state index is -0.657. The van der Waals surface area contributed by atoms with Crippen LogP contribution < -0.4 is 31.9 Å². The first kappa shape index (κ1) is 72.1. The Kier molecular flexibility index (Phi) is 80.9.